The molecule has 0 radical (unpaired) electrons. The van der Waals surface area contributed by atoms with Gasteiger partial charge >= 0.3 is 5.97 Å². The number of nitriles is 1. The third kappa shape index (κ3) is 2.24. The topological polar surface area (TPSA) is 88.0 Å². The molecular weight excluding hydrogens is 258 g/mol. The summed E-state index contributed by atoms with van der Waals surface area (Å²) in [6.45, 7) is 1.07. The van der Waals surface area contributed by atoms with Crippen molar-refractivity contribution in [2.45, 2.75) is 12.5 Å². The summed E-state index contributed by atoms with van der Waals surface area (Å²) in [4.78, 5) is 12.2. The smallest absolute Gasteiger partial charge is 0.341 e. The van der Waals surface area contributed by atoms with E-state index in [1.807, 2.05) is 12.1 Å². The van der Waals surface area contributed by atoms with Crippen molar-refractivity contribution in [2.75, 3.05) is 13.2 Å². The molecular formula is C14H13N3O3. The van der Waals surface area contributed by atoms with Crippen LogP contribution in [-0.2, 0) is 9.47 Å². The Morgan fingerprint density at radius 3 is 3.25 bits per heavy atom. The zero-order valence-corrected chi connectivity index (χ0v) is 10.7. The van der Waals surface area contributed by atoms with Crippen molar-refractivity contribution in [1.82, 2.24) is 10.2 Å². The molecule has 3 rings (SSSR count). The molecule has 0 amide bonds. The molecule has 1 aliphatic heterocycles. The first-order valence-electron chi connectivity index (χ1n) is 6.40. The molecule has 102 valence electrons. The van der Waals surface area contributed by atoms with Crippen molar-refractivity contribution in [1.29, 1.82) is 5.26 Å². The highest BCUT2D eigenvalue weighted by Gasteiger charge is 2.29. The molecule has 1 aromatic heterocycles. The number of benzene rings is 1. The lowest BCUT2D eigenvalue weighted by Gasteiger charge is -2.15. The first-order chi connectivity index (χ1) is 9.79. The quantitative estimate of drug-likeness (QED) is 0.857. The molecule has 2 heterocycles. The first kappa shape index (κ1) is 12.6. The molecule has 1 aromatic carbocycles. The van der Waals surface area contributed by atoms with Crippen molar-refractivity contribution in [2.24, 2.45) is 5.92 Å². The van der Waals surface area contributed by atoms with Gasteiger partial charge in [-0.15, -0.1) is 0 Å². The molecule has 2 aromatic rings. The Balaban J connectivity index is 1.82. The van der Waals surface area contributed by atoms with Gasteiger partial charge in [-0.25, -0.2) is 4.79 Å². The number of aromatic amines is 1. The fourth-order valence-corrected chi connectivity index (χ4v) is 2.34. The van der Waals surface area contributed by atoms with Crippen molar-refractivity contribution in [3.8, 4) is 6.07 Å². The highest BCUT2D eigenvalue weighted by atomic mass is 16.5. The van der Waals surface area contributed by atoms with Crippen LogP contribution in [-0.4, -0.2) is 35.5 Å². The molecule has 2 atom stereocenters. The van der Waals surface area contributed by atoms with E-state index in [4.69, 9.17) is 14.7 Å². The van der Waals surface area contributed by atoms with Crippen molar-refractivity contribution < 1.29 is 14.3 Å². The van der Waals surface area contributed by atoms with Gasteiger partial charge in [0.1, 0.15) is 6.07 Å². The van der Waals surface area contributed by atoms with E-state index in [1.165, 1.54) is 0 Å². The molecule has 0 saturated carbocycles. The highest BCUT2D eigenvalue weighted by molar-refractivity contribution is 6.02. The van der Waals surface area contributed by atoms with Crippen LogP contribution in [0.3, 0.4) is 0 Å². The Hall–Kier alpha value is -2.39. The van der Waals surface area contributed by atoms with Crippen LogP contribution in [0.15, 0.2) is 24.4 Å². The van der Waals surface area contributed by atoms with Crippen LogP contribution >= 0.6 is 0 Å². The minimum atomic E-state index is -0.775. The third-order valence-electron chi connectivity index (χ3n) is 3.45. The summed E-state index contributed by atoms with van der Waals surface area (Å²) in [7, 11) is 0. The van der Waals surface area contributed by atoms with E-state index < -0.39 is 12.1 Å². The summed E-state index contributed by atoms with van der Waals surface area (Å²) in [5, 5.41) is 16.7. The van der Waals surface area contributed by atoms with Gasteiger partial charge in [-0.05, 0) is 12.5 Å². The molecule has 1 aliphatic rings. The van der Waals surface area contributed by atoms with E-state index in [-0.39, 0.29) is 5.92 Å². The molecule has 0 bridgehead atoms. The number of carbonyl (C=O) groups is 1. The number of hydrogen-bond acceptors (Lipinski definition) is 5. The SMILES string of the molecule is N#C[C@@H](OC(=O)c1cccc2cn[nH]c12)[C@@H]1CCOC1. The Kier molecular flexibility index (Phi) is 3.35. The lowest BCUT2D eigenvalue weighted by Crippen LogP contribution is -2.26. The second-order valence-electron chi connectivity index (χ2n) is 4.72. The lowest BCUT2D eigenvalue weighted by molar-refractivity contribution is 0.0279. The summed E-state index contributed by atoms with van der Waals surface area (Å²) < 4.78 is 10.5. The minimum absolute atomic E-state index is 0.0510. The normalized spacial score (nSPS) is 19.6. The second kappa shape index (κ2) is 5.31. The number of aromatic nitrogens is 2. The van der Waals surface area contributed by atoms with Gasteiger partial charge in [0, 0.05) is 17.9 Å². The van der Waals surface area contributed by atoms with E-state index in [0.29, 0.717) is 24.3 Å². The molecule has 1 fully saturated rings. The number of para-hydroxylation sites is 1. The first-order valence-corrected chi connectivity index (χ1v) is 6.40. The van der Waals surface area contributed by atoms with Gasteiger partial charge in [-0.1, -0.05) is 12.1 Å². The fraction of sp³-hybridized carbons (Fsp3) is 0.357. The largest absolute Gasteiger partial charge is 0.443 e. The standard InChI is InChI=1S/C14H13N3O3/c15-6-12(10-4-5-19-8-10)20-14(18)11-3-1-2-9-7-16-17-13(9)11/h1-3,7,10,12H,4-5,8H2,(H,16,17)/t10-,12-/m1/s1. The molecule has 0 spiro atoms. The maximum Gasteiger partial charge on any atom is 0.341 e. The molecule has 1 saturated heterocycles. The van der Waals surface area contributed by atoms with E-state index in [2.05, 4.69) is 10.2 Å². The fourth-order valence-electron chi connectivity index (χ4n) is 2.34. The van der Waals surface area contributed by atoms with Gasteiger partial charge < -0.3 is 9.47 Å². The number of nitrogens with zero attached hydrogens (tertiary/aromatic N) is 2. The van der Waals surface area contributed by atoms with E-state index in [9.17, 15) is 4.79 Å². The summed E-state index contributed by atoms with van der Waals surface area (Å²) in [5.74, 6) is -0.566. The van der Waals surface area contributed by atoms with Crippen LogP contribution < -0.4 is 0 Å². The number of H-pyrrole nitrogens is 1. The second-order valence-corrected chi connectivity index (χ2v) is 4.72. The Morgan fingerprint density at radius 1 is 1.60 bits per heavy atom. The van der Waals surface area contributed by atoms with Gasteiger partial charge in [0.05, 0.1) is 23.9 Å². The van der Waals surface area contributed by atoms with Crippen molar-refractivity contribution in [3.63, 3.8) is 0 Å². The average Bonchev–Trinajstić information content (AvgIpc) is 3.14. The summed E-state index contributed by atoms with van der Waals surface area (Å²) >= 11 is 0. The Morgan fingerprint density at radius 2 is 2.50 bits per heavy atom. The van der Waals surface area contributed by atoms with Crippen LogP contribution in [0.1, 0.15) is 16.8 Å². The molecule has 0 unspecified atom stereocenters. The summed E-state index contributed by atoms with van der Waals surface area (Å²) in [6, 6.07) is 7.30. The van der Waals surface area contributed by atoms with Crippen molar-refractivity contribution >= 4 is 16.9 Å². The third-order valence-corrected chi connectivity index (χ3v) is 3.45. The number of nitrogens with one attached hydrogen (secondary N) is 1. The Bertz CT molecular complexity index is 668. The van der Waals surface area contributed by atoms with Gasteiger partial charge in [-0.3, -0.25) is 5.10 Å². The lowest BCUT2D eigenvalue weighted by atomic mass is 10.0. The zero-order chi connectivity index (χ0) is 13.9. The monoisotopic (exact) mass is 271 g/mol. The molecule has 1 N–H and O–H groups in total. The van der Waals surface area contributed by atoms with Gasteiger partial charge in [0.15, 0.2) is 6.10 Å². The van der Waals surface area contributed by atoms with Gasteiger partial charge in [-0.2, -0.15) is 10.4 Å². The van der Waals surface area contributed by atoms with Crippen LogP contribution in [0.2, 0.25) is 0 Å². The minimum Gasteiger partial charge on any atom is -0.443 e. The molecule has 6 heteroatoms. The molecule has 0 aliphatic carbocycles. The van der Waals surface area contributed by atoms with Crippen LogP contribution in [0, 0.1) is 17.2 Å². The van der Waals surface area contributed by atoms with Crippen LogP contribution in [0.5, 0.6) is 0 Å². The van der Waals surface area contributed by atoms with E-state index >= 15 is 0 Å². The van der Waals surface area contributed by atoms with E-state index in [0.717, 1.165) is 11.8 Å². The predicted molar refractivity (Wildman–Crippen MR) is 69.8 cm³/mol. The van der Waals surface area contributed by atoms with Gasteiger partial charge in [0.2, 0.25) is 0 Å². The number of esters is 1. The van der Waals surface area contributed by atoms with Crippen LogP contribution in [0.4, 0.5) is 0 Å². The number of rotatable bonds is 3. The van der Waals surface area contributed by atoms with Crippen molar-refractivity contribution in [3.05, 3.63) is 30.0 Å². The summed E-state index contributed by atoms with van der Waals surface area (Å²) in [5.41, 5.74) is 1.01. The Labute approximate surface area is 115 Å². The van der Waals surface area contributed by atoms with Crippen LogP contribution in [0.25, 0.3) is 10.9 Å². The molecule has 6 nitrogen and oxygen atoms in total. The number of fused-ring (bicyclic) bond motifs is 1. The summed E-state index contributed by atoms with van der Waals surface area (Å²) in [6.07, 6.45) is 1.60. The zero-order valence-electron chi connectivity index (χ0n) is 10.7. The highest BCUT2D eigenvalue weighted by Crippen LogP contribution is 2.22. The molecule has 20 heavy (non-hydrogen) atoms. The van der Waals surface area contributed by atoms with Gasteiger partial charge in [0.25, 0.3) is 0 Å². The predicted octanol–water partition coefficient (Wildman–Crippen LogP) is 1.65. The van der Waals surface area contributed by atoms with E-state index in [1.54, 1.807) is 18.3 Å². The number of hydrogen-bond donors (Lipinski definition) is 1. The maximum atomic E-state index is 12.2. The number of ether oxygens (including phenoxy) is 2. The maximum absolute atomic E-state index is 12.2. The average molecular weight is 271 g/mol. The number of carbonyl (C=O) groups excluding carboxylic acids is 1.